The zero-order chi connectivity index (χ0) is 13.3. The first-order valence-electron chi connectivity index (χ1n) is 5.16. The second-order valence-electron chi connectivity index (χ2n) is 3.78. The van der Waals surface area contributed by atoms with Gasteiger partial charge in [0, 0.05) is 12.3 Å². The van der Waals surface area contributed by atoms with Crippen LogP contribution in [0.5, 0.6) is 0 Å². The summed E-state index contributed by atoms with van der Waals surface area (Å²) in [5.74, 6) is 0. The second kappa shape index (κ2) is 5.02. The first kappa shape index (κ1) is 13.0. The van der Waals surface area contributed by atoms with Crippen LogP contribution in [0.3, 0.4) is 0 Å². The number of halogens is 1. The minimum absolute atomic E-state index is 0.0760. The maximum atomic E-state index is 11.1. The summed E-state index contributed by atoms with van der Waals surface area (Å²) in [5.41, 5.74) is 0.813. The van der Waals surface area contributed by atoms with Crippen LogP contribution in [-0.2, 0) is 0 Å². The lowest BCUT2D eigenvalue weighted by Crippen LogP contribution is -2.02. The van der Waals surface area contributed by atoms with E-state index in [0.29, 0.717) is 11.3 Å². The summed E-state index contributed by atoms with van der Waals surface area (Å²) in [5, 5.41) is 24.6. The van der Waals surface area contributed by atoms with Gasteiger partial charge >= 0.3 is 0 Å². The lowest BCUT2D eigenvalue weighted by molar-refractivity contribution is -0.384. The van der Waals surface area contributed by atoms with Crippen molar-refractivity contribution >= 4 is 28.3 Å². The summed E-state index contributed by atoms with van der Waals surface area (Å²) >= 11 is 2.08. The van der Waals surface area contributed by atoms with E-state index < -0.39 is 11.0 Å². The molecule has 2 rings (SSSR count). The number of nitrogens with zero attached hydrogens (tertiary/aromatic N) is 3. The number of aromatic nitrogens is 2. The van der Waals surface area contributed by atoms with Gasteiger partial charge in [0.15, 0.2) is 0 Å². The van der Waals surface area contributed by atoms with Crippen LogP contribution < -0.4 is 0 Å². The summed E-state index contributed by atoms with van der Waals surface area (Å²) in [6.45, 7) is 1.57. The fraction of sp³-hybridized carbons (Fsp3) is 0.182. The summed E-state index contributed by atoms with van der Waals surface area (Å²) in [6, 6.07) is 4.61. The predicted octanol–water partition coefficient (Wildman–Crippen LogP) is 2.44. The summed E-state index contributed by atoms with van der Waals surface area (Å²) in [6.07, 6.45) is 2.58. The number of aliphatic hydroxyl groups excluding tert-OH is 1. The number of rotatable bonds is 3. The minimum atomic E-state index is -0.740. The van der Waals surface area contributed by atoms with E-state index in [-0.39, 0.29) is 5.69 Å². The first-order chi connectivity index (χ1) is 8.49. The smallest absolute Gasteiger partial charge is 0.295 e. The van der Waals surface area contributed by atoms with Crippen molar-refractivity contribution in [3.63, 3.8) is 0 Å². The molecule has 0 aliphatic rings. The third-order valence-electron chi connectivity index (χ3n) is 2.48. The largest absolute Gasteiger partial charge is 0.389 e. The van der Waals surface area contributed by atoms with Crippen molar-refractivity contribution in [3.8, 4) is 5.69 Å². The maximum absolute atomic E-state index is 11.1. The molecule has 6 nitrogen and oxygen atoms in total. The molecule has 0 spiro atoms. The Hall–Kier alpha value is -1.48. The molecule has 1 aromatic carbocycles. The molecule has 0 bridgehead atoms. The van der Waals surface area contributed by atoms with Crippen LogP contribution in [0.25, 0.3) is 5.69 Å². The summed E-state index contributed by atoms with van der Waals surface area (Å²) < 4.78 is 2.34. The van der Waals surface area contributed by atoms with E-state index in [1.54, 1.807) is 31.5 Å². The molecule has 1 atom stereocenters. The highest BCUT2D eigenvalue weighted by Crippen LogP contribution is 2.26. The first-order valence-corrected chi connectivity index (χ1v) is 6.24. The Labute approximate surface area is 117 Å². The van der Waals surface area contributed by atoms with E-state index >= 15 is 0 Å². The molecular weight excluding hydrogens is 349 g/mol. The van der Waals surface area contributed by atoms with Crippen molar-refractivity contribution in [1.29, 1.82) is 0 Å². The van der Waals surface area contributed by atoms with E-state index in [1.165, 1.54) is 10.7 Å². The molecule has 94 valence electrons. The van der Waals surface area contributed by atoms with Crippen molar-refractivity contribution in [2.45, 2.75) is 13.0 Å². The number of hydrogen-bond donors (Lipinski definition) is 1. The number of nitro benzene ring substituents is 1. The quantitative estimate of drug-likeness (QED) is 0.519. The molecule has 0 unspecified atom stereocenters. The Kier molecular flexibility index (Phi) is 3.62. The van der Waals surface area contributed by atoms with Crippen LogP contribution in [0, 0.1) is 13.7 Å². The highest BCUT2D eigenvalue weighted by atomic mass is 127. The summed E-state index contributed by atoms with van der Waals surface area (Å²) in [7, 11) is 0. The third kappa shape index (κ3) is 2.51. The zero-order valence-corrected chi connectivity index (χ0v) is 11.6. The fourth-order valence-corrected chi connectivity index (χ4v) is 1.96. The number of hydrogen-bond acceptors (Lipinski definition) is 4. The average molecular weight is 359 g/mol. The molecule has 0 saturated carbocycles. The molecule has 0 amide bonds. The molecule has 0 fully saturated rings. The predicted molar refractivity (Wildman–Crippen MR) is 73.6 cm³/mol. The number of benzene rings is 1. The Bertz CT molecular complexity index is 595. The highest BCUT2D eigenvalue weighted by molar-refractivity contribution is 14.1. The van der Waals surface area contributed by atoms with Crippen molar-refractivity contribution in [2.75, 3.05) is 0 Å². The van der Waals surface area contributed by atoms with Gasteiger partial charge in [-0.25, -0.2) is 4.68 Å². The topological polar surface area (TPSA) is 81.2 Å². The SMILES string of the molecule is C[C@H](O)c1ccc(-n2cc(I)cn2)c([N+](=O)[O-])c1. The molecular formula is C11H10IN3O3. The normalized spacial score (nSPS) is 12.4. The van der Waals surface area contributed by atoms with Crippen molar-refractivity contribution < 1.29 is 10.0 Å². The van der Waals surface area contributed by atoms with Gasteiger partial charge in [-0.15, -0.1) is 0 Å². The van der Waals surface area contributed by atoms with Gasteiger partial charge in [0.05, 0.1) is 20.8 Å². The molecule has 1 N–H and O–H groups in total. The van der Waals surface area contributed by atoms with E-state index in [4.69, 9.17) is 0 Å². The van der Waals surface area contributed by atoms with E-state index in [2.05, 4.69) is 27.7 Å². The van der Waals surface area contributed by atoms with Gasteiger partial charge in [-0.2, -0.15) is 5.10 Å². The lowest BCUT2D eigenvalue weighted by atomic mass is 10.1. The van der Waals surface area contributed by atoms with E-state index in [0.717, 1.165) is 3.57 Å². The van der Waals surface area contributed by atoms with Gasteiger partial charge in [-0.3, -0.25) is 10.1 Å². The van der Waals surface area contributed by atoms with Gasteiger partial charge in [0.1, 0.15) is 5.69 Å². The van der Waals surface area contributed by atoms with Crippen LogP contribution >= 0.6 is 22.6 Å². The Morgan fingerprint density at radius 2 is 2.28 bits per heavy atom. The molecule has 2 aromatic rings. The summed E-state index contributed by atoms with van der Waals surface area (Å²) in [4.78, 5) is 10.6. The van der Waals surface area contributed by atoms with Gasteiger partial charge < -0.3 is 5.11 Å². The monoisotopic (exact) mass is 359 g/mol. The molecule has 7 heteroatoms. The standard InChI is InChI=1S/C11H10IN3O3/c1-7(16)8-2-3-10(11(4-8)15(17)18)14-6-9(12)5-13-14/h2-7,16H,1H3/t7-/m0/s1. The van der Waals surface area contributed by atoms with Gasteiger partial charge in [0.25, 0.3) is 5.69 Å². The lowest BCUT2D eigenvalue weighted by Gasteiger charge is -2.07. The third-order valence-corrected chi connectivity index (χ3v) is 3.03. The van der Waals surface area contributed by atoms with Crippen molar-refractivity contribution in [1.82, 2.24) is 9.78 Å². The molecule has 0 radical (unpaired) electrons. The minimum Gasteiger partial charge on any atom is -0.389 e. The van der Waals surface area contributed by atoms with Crippen molar-refractivity contribution in [3.05, 3.63) is 49.8 Å². The van der Waals surface area contributed by atoms with Gasteiger partial charge in [-0.05, 0) is 41.1 Å². The zero-order valence-electron chi connectivity index (χ0n) is 9.45. The van der Waals surface area contributed by atoms with E-state index in [9.17, 15) is 15.2 Å². The van der Waals surface area contributed by atoms with Crippen LogP contribution in [-0.4, -0.2) is 19.8 Å². The number of aliphatic hydroxyl groups is 1. The molecule has 1 heterocycles. The van der Waals surface area contributed by atoms with Crippen LogP contribution in [0.2, 0.25) is 0 Å². The van der Waals surface area contributed by atoms with E-state index in [1.807, 2.05) is 0 Å². The van der Waals surface area contributed by atoms with Crippen LogP contribution in [0.15, 0.2) is 30.6 Å². The molecule has 1 aromatic heterocycles. The number of nitro groups is 1. The van der Waals surface area contributed by atoms with Gasteiger partial charge in [-0.1, -0.05) is 6.07 Å². The maximum Gasteiger partial charge on any atom is 0.295 e. The second-order valence-corrected chi connectivity index (χ2v) is 5.03. The Morgan fingerprint density at radius 3 is 2.78 bits per heavy atom. The van der Waals surface area contributed by atoms with Crippen molar-refractivity contribution in [2.24, 2.45) is 0 Å². The Morgan fingerprint density at radius 1 is 1.56 bits per heavy atom. The highest BCUT2D eigenvalue weighted by Gasteiger charge is 2.18. The molecule has 0 aliphatic heterocycles. The average Bonchev–Trinajstić information content (AvgIpc) is 2.74. The molecule has 18 heavy (non-hydrogen) atoms. The molecule has 0 saturated heterocycles. The van der Waals surface area contributed by atoms with Crippen LogP contribution in [0.1, 0.15) is 18.6 Å². The fourth-order valence-electron chi connectivity index (χ4n) is 1.57. The Balaban J connectivity index is 2.57. The van der Waals surface area contributed by atoms with Crippen LogP contribution in [0.4, 0.5) is 5.69 Å². The van der Waals surface area contributed by atoms with Gasteiger partial charge in [0.2, 0.25) is 0 Å². The molecule has 0 aliphatic carbocycles.